The standard InChI is InChI=1S/C18H15F3O2/c1-12(17(22)23)10-16(13-6-3-2-4-7-13)14-8-5-9-15(11-14)18(19,20)21/h2-11,16H,1H3,(H,22,23). The number of alkyl halides is 3. The lowest BCUT2D eigenvalue weighted by molar-refractivity contribution is -0.137. The summed E-state index contributed by atoms with van der Waals surface area (Å²) in [5.74, 6) is -1.66. The predicted octanol–water partition coefficient (Wildman–Crippen LogP) is 4.87. The van der Waals surface area contributed by atoms with Crippen LogP contribution in [0.1, 0.15) is 29.5 Å². The van der Waals surface area contributed by atoms with Crippen molar-refractivity contribution in [1.29, 1.82) is 0 Å². The molecule has 2 aromatic carbocycles. The molecule has 0 aliphatic rings. The van der Waals surface area contributed by atoms with Gasteiger partial charge in [-0.3, -0.25) is 0 Å². The summed E-state index contributed by atoms with van der Waals surface area (Å²) in [6.45, 7) is 1.42. The maximum Gasteiger partial charge on any atom is 0.416 e. The molecule has 120 valence electrons. The van der Waals surface area contributed by atoms with Crippen molar-refractivity contribution in [3.63, 3.8) is 0 Å². The van der Waals surface area contributed by atoms with Crippen molar-refractivity contribution in [2.24, 2.45) is 0 Å². The molecule has 5 heteroatoms. The SMILES string of the molecule is CC(=CC(c1ccccc1)c1cccc(C(F)(F)F)c1)C(=O)O. The zero-order chi connectivity index (χ0) is 17.0. The third kappa shape index (κ3) is 4.22. The zero-order valence-electron chi connectivity index (χ0n) is 12.3. The summed E-state index contributed by atoms with van der Waals surface area (Å²) < 4.78 is 38.7. The molecule has 23 heavy (non-hydrogen) atoms. The third-order valence-electron chi connectivity index (χ3n) is 3.49. The summed E-state index contributed by atoms with van der Waals surface area (Å²) in [5, 5.41) is 9.06. The minimum Gasteiger partial charge on any atom is -0.478 e. The van der Waals surface area contributed by atoms with E-state index in [0.717, 1.165) is 17.7 Å². The van der Waals surface area contributed by atoms with Gasteiger partial charge < -0.3 is 5.11 Å². The maximum absolute atomic E-state index is 12.9. The Morgan fingerprint density at radius 3 is 2.22 bits per heavy atom. The highest BCUT2D eigenvalue weighted by molar-refractivity contribution is 5.86. The fourth-order valence-electron chi connectivity index (χ4n) is 2.28. The van der Waals surface area contributed by atoms with E-state index in [1.807, 2.05) is 0 Å². The van der Waals surface area contributed by atoms with Gasteiger partial charge in [-0.25, -0.2) is 4.79 Å². The van der Waals surface area contributed by atoms with Gasteiger partial charge >= 0.3 is 12.1 Å². The molecular weight excluding hydrogens is 305 g/mol. The molecule has 0 radical (unpaired) electrons. The van der Waals surface area contributed by atoms with Crippen molar-refractivity contribution in [3.8, 4) is 0 Å². The van der Waals surface area contributed by atoms with Crippen molar-refractivity contribution in [2.75, 3.05) is 0 Å². The minimum atomic E-state index is -4.44. The van der Waals surface area contributed by atoms with Gasteiger partial charge in [0.1, 0.15) is 0 Å². The van der Waals surface area contributed by atoms with Crippen LogP contribution in [0.15, 0.2) is 66.2 Å². The first kappa shape index (κ1) is 16.8. The van der Waals surface area contributed by atoms with Gasteiger partial charge in [0.25, 0.3) is 0 Å². The lowest BCUT2D eigenvalue weighted by Crippen LogP contribution is -2.08. The van der Waals surface area contributed by atoms with Crippen molar-refractivity contribution in [1.82, 2.24) is 0 Å². The van der Waals surface area contributed by atoms with Crippen molar-refractivity contribution >= 4 is 5.97 Å². The Morgan fingerprint density at radius 2 is 1.65 bits per heavy atom. The fourth-order valence-corrected chi connectivity index (χ4v) is 2.28. The quantitative estimate of drug-likeness (QED) is 0.816. The molecule has 0 spiro atoms. The molecule has 1 unspecified atom stereocenters. The average molecular weight is 320 g/mol. The van der Waals surface area contributed by atoms with Crippen LogP contribution in [-0.2, 0) is 11.0 Å². The second kappa shape index (κ2) is 6.69. The first-order valence-electron chi connectivity index (χ1n) is 6.93. The Balaban J connectivity index is 2.55. The van der Waals surface area contributed by atoms with E-state index < -0.39 is 23.6 Å². The van der Waals surface area contributed by atoms with Gasteiger partial charge in [-0.2, -0.15) is 13.2 Å². The Kier molecular flexibility index (Phi) is 4.89. The van der Waals surface area contributed by atoms with E-state index in [9.17, 15) is 18.0 Å². The maximum atomic E-state index is 12.9. The number of hydrogen-bond donors (Lipinski definition) is 1. The smallest absolute Gasteiger partial charge is 0.416 e. The van der Waals surface area contributed by atoms with E-state index in [1.165, 1.54) is 19.1 Å². The Hall–Kier alpha value is -2.56. The summed E-state index contributed by atoms with van der Waals surface area (Å²) in [7, 11) is 0. The van der Waals surface area contributed by atoms with E-state index in [2.05, 4.69) is 0 Å². The van der Waals surface area contributed by atoms with Crippen LogP contribution in [0.5, 0.6) is 0 Å². The molecule has 0 saturated carbocycles. The second-order valence-corrected chi connectivity index (χ2v) is 5.17. The third-order valence-corrected chi connectivity index (χ3v) is 3.49. The monoisotopic (exact) mass is 320 g/mol. The summed E-state index contributed by atoms with van der Waals surface area (Å²) in [4.78, 5) is 11.1. The Labute approximate surface area is 131 Å². The van der Waals surface area contributed by atoms with Gasteiger partial charge in [0.2, 0.25) is 0 Å². The summed E-state index contributed by atoms with van der Waals surface area (Å²) in [6.07, 6.45) is -2.98. The fraction of sp³-hybridized carbons (Fsp3) is 0.167. The van der Waals surface area contributed by atoms with Gasteiger partial charge in [0.15, 0.2) is 0 Å². The number of hydrogen-bond acceptors (Lipinski definition) is 1. The van der Waals surface area contributed by atoms with Gasteiger partial charge in [0.05, 0.1) is 5.56 Å². The molecule has 2 nitrogen and oxygen atoms in total. The Morgan fingerprint density at radius 1 is 1.04 bits per heavy atom. The topological polar surface area (TPSA) is 37.3 Å². The number of carboxylic acids is 1. The predicted molar refractivity (Wildman–Crippen MR) is 81.1 cm³/mol. The minimum absolute atomic E-state index is 0.0799. The lowest BCUT2D eigenvalue weighted by atomic mass is 9.88. The normalized spacial score (nSPS) is 13.7. The van der Waals surface area contributed by atoms with E-state index in [-0.39, 0.29) is 5.57 Å². The molecule has 0 saturated heterocycles. The van der Waals surface area contributed by atoms with Crippen molar-refractivity contribution < 1.29 is 23.1 Å². The van der Waals surface area contributed by atoms with Crippen LogP contribution < -0.4 is 0 Å². The van der Waals surface area contributed by atoms with Crippen LogP contribution in [-0.4, -0.2) is 11.1 Å². The molecule has 0 aliphatic heterocycles. The summed E-state index contributed by atoms with van der Waals surface area (Å²) in [6, 6.07) is 13.8. The van der Waals surface area contributed by atoms with Crippen LogP contribution in [0.2, 0.25) is 0 Å². The molecule has 1 atom stereocenters. The Bertz CT molecular complexity index is 719. The molecule has 0 aliphatic carbocycles. The number of carbonyl (C=O) groups is 1. The lowest BCUT2D eigenvalue weighted by Gasteiger charge is -2.17. The average Bonchev–Trinajstić information content (AvgIpc) is 2.52. The number of halogens is 3. The molecule has 0 amide bonds. The first-order valence-corrected chi connectivity index (χ1v) is 6.93. The van der Waals surface area contributed by atoms with E-state index in [1.54, 1.807) is 36.4 Å². The van der Waals surface area contributed by atoms with Gasteiger partial charge in [-0.05, 0) is 24.1 Å². The van der Waals surface area contributed by atoms with Crippen molar-refractivity contribution in [2.45, 2.75) is 19.0 Å². The van der Waals surface area contributed by atoms with Gasteiger partial charge in [0, 0.05) is 11.5 Å². The molecule has 0 aromatic heterocycles. The van der Waals surface area contributed by atoms with E-state index in [0.29, 0.717) is 5.56 Å². The molecule has 0 bridgehead atoms. The van der Waals surface area contributed by atoms with Crippen LogP contribution >= 0.6 is 0 Å². The molecular formula is C18H15F3O2. The number of rotatable bonds is 4. The van der Waals surface area contributed by atoms with Crippen molar-refractivity contribution in [3.05, 3.63) is 82.9 Å². The number of aliphatic carboxylic acids is 1. The molecule has 2 rings (SSSR count). The van der Waals surface area contributed by atoms with E-state index in [4.69, 9.17) is 5.11 Å². The molecule has 1 N–H and O–H groups in total. The molecule has 0 fully saturated rings. The number of allylic oxidation sites excluding steroid dienone is 1. The molecule has 0 heterocycles. The van der Waals surface area contributed by atoms with Crippen LogP contribution in [0.3, 0.4) is 0 Å². The zero-order valence-corrected chi connectivity index (χ0v) is 12.3. The van der Waals surface area contributed by atoms with Crippen LogP contribution in [0, 0.1) is 0 Å². The van der Waals surface area contributed by atoms with Gasteiger partial charge in [-0.1, -0.05) is 54.6 Å². The number of carboxylic acid groups (broad SMARTS) is 1. The number of benzene rings is 2. The highest BCUT2D eigenvalue weighted by Crippen LogP contribution is 2.33. The molecule has 2 aromatic rings. The van der Waals surface area contributed by atoms with Crippen LogP contribution in [0.25, 0.3) is 0 Å². The highest BCUT2D eigenvalue weighted by Gasteiger charge is 2.31. The summed E-state index contributed by atoms with van der Waals surface area (Å²) >= 11 is 0. The highest BCUT2D eigenvalue weighted by atomic mass is 19.4. The largest absolute Gasteiger partial charge is 0.478 e. The van der Waals surface area contributed by atoms with Crippen LogP contribution in [0.4, 0.5) is 13.2 Å². The van der Waals surface area contributed by atoms with E-state index >= 15 is 0 Å². The second-order valence-electron chi connectivity index (χ2n) is 5.17. The first-order chi connectivity index (χ1) is 10.8. The summed E-state index contributed by atoms with van der Waals surface area (Å²) in [5.41, 5.74) is 0.452. The van der Waals surface area contributed by atoms with Gasteiger partial charge in [-0.15, -0.1) is 0 Å².